The summed E-state index contributed by atoms with van der Waals surface area (Å²) in [6, 6.07) is 8.27. The van der Waals surface area contributed by atoms with E-state index >= 15 is 0 Å². The van der Waals surface area contributed by atoms with Crippen LogP contribution < -0.4 is 16.0 Å². The fourth-order valence-electron chi connectivity index (χ4n) is 2.58. The zero-order valence-electron chi connectivity index (χ0n) is 14.9. The molecule has 130 valence electrons. The number of hydrogen-bond acceptors (Lipinski definition) is 7. The van der Waals surface area contributed by atoms with Crippen molar-refractivity contribution in [2.75, 3.05) is 22.5 Å². The number of nitrogen functional groups attached to an aromatic ring is 1. The highest BCUT2D eigenvalue weighted by atomic mass is 32.1. The Morgan fingerprint density at radius 1 is 1.20 bits per heavy atom. The lowest BCUT2D eigenvalue weighted by Crippen LogP contribution is -2.20. The molecule has 0 amide bonds. The van der Waals surface area contributed by atoms with Crippen molar-refractivity contribution in [3.63, 3.8) is 0 Å². The molecule has 0 unspecified atom stereocenters. The molecule has 3 aromatic rings. The molecule has 3 N–H and O–H groups in total. The summed E-state index contributed by atoms with van der Waals surface area (Å²) in [5.41, 5.74) is 10.1. The van der Waals surface area contributed by atoms with Gasteiger partial charge in [-0.2, -0.15) is 0 Å². The highest BCUT2D eigenvalue weighted by molar-refractivity contribution is 7.15. The van der Waals surface area contributed by atoms with Gasteiger partial charge in [0.2, 0.25) is 0 Å². The second-order valence-corrected chi connectivity index (χ2v) is 7.03. The molecular weight excluding hydrogens is 332 g/mol. The van der Waals surface area contributed by atoms with Gasteiger partial charge in [-0.3, -0.25) is 0 Å². The number of hydrogen-bond donors (Lipinski definition) is 2. The van der Waals surface area contributed by atoms with E-state index in [9.17, 15) is 0 Å². The van der Waals surface area contributed by atoms with Crippen molar-refractivity contribution in [3.05, 3.63) is 46.7 Å². The van der Waals surface area contributed by atoms with Crippen molar-refractivity contribution in [1.29, 1.82) is 0 Å². The molecular formula is C18H22N6S. The molecule has 0 aliphatic heterocycles. The molecule has 7 heteroatoms. The number of nitrogens with one attached hydrogen (secondary N) is 1. The fourth-order valence-corrected chi connectivity index (χ4v) is 3.39. The number of anilines is 5. The summed E-state index contributed by atoms with van der Waals surface area (Å²) in [5, 5.41) is 4.00. The summed E-state index contributed by atoms with van der Waals surface area (Å²) < 4.78 is 0. The van der Waals surface area contributed by atoms with Gasteiger partial charge >= 0.3 is 0 Å². The van der Waals surface area contributed by atoms with Gasteiger partial charge in [-0.15, -0.1) is 11.3 Å². The maximum atomic E-state index is 6.38. The first kappa shape index (κ1) is 17.2. The Kier molecular flexibility index (Phi) is 4.85. The van der Waals surface area contributed by atoms with Gasteiger partial charge in [-0.25, -0.2) is 15.0 Å². The van der Waals surface area contributed by atoms with E-state index in [2.05, 4.69) is 57.2 Å². The molecule has 0 saturated carbocycles. The molecule has 0 radical (unpaired) electrons. The van der Waals surface area contributed by atoms with Gasteiger partial charge in [0.05, 0.1) is 5.69 Å². The van der Waals surface area contributed by atoms with Crippen LogP contribution in [0.4, 0.5) is 28.1 Å². The minimum Gasteiger partial charge on any atom is -0.393 e. The monoisotopic (exact) mass is 354 g/mol. The van der Waals surface area contributed by atoms with E-state index in [1.807, 2.05) is 19.9 Å². The molecule has 0 bridgehead atoms. The lowest BCUT2D eigenvalue weighted by molar-refractivity contribution is 0.979. The first-order valence-corrected chi connectivity index (χ1v) is 8.97. The van der Waals surface area contributed by atoms with E-state index in [1.54, 1.807) is 11.3 Å². The molecule has 2 heterocycles. The fraction of sp³-hybridized carbons (Fsp3) is 0.278. The summed E-state index contributed by atoms with van der Waals surface area (Å²) in [5.74, 6) is 1.26. The Hall–Kier alpha value is -2.67. The number of rotatable bonds is 5. The molecule has 2 aromatic heterocycles. The number of nitrogens with zero attached hydrogens (tertiary/aromatic N) is 4. The largest absolute Gasteiger partial charge is 0.393 e. The van der Waals surface area contributed by atoms with Crippen molar-refractivity contribution in [2.24, 2.45) is 0 Å². The van der Waals surface area contributed by atoms with E-state index in [4.69, 9.17) is 5.73 Å². The normalized spacial score (nSPS) is 10.7. The molecule has 3 rings (SSSR count). The van der Waals surface area contributed by atoms with Crippen molar-refractivity contribution in [2.45, 2.75) is 27.7 Å². The smallest absolute Gasteiger partial charge is 0.188 e. The maximum Gasteiger partial charge on any atom is 0.188 e. The third-order valence-corrected chi connectivity index (χ3v) is 4.99. The summed E-state index contributed by atoms with van der Waals surface area (Å²) >= 11 is 1.58. The van der Waals surface area contributed by atoms with Crippen LogP contribution in [0.15, 0.2) is 30.6 Å². The van der Waals surface area contributed by atoms with Crippen molar-refractivity contribution >= 4 is 39.5 Å². The topological polar surface area (TPSA) is 80.0 Å². The van der Waals surface area contributed by atoms with Crippen molar-refractivity contribution in [3.8, 4) is 0 Å². The maximum absolute atomic E-state index is 6.38. The average Bonchev–Trinajstić information content (AvgIpc) is 2.89. The van der Waals surface area contributed by atoms with Crippen LogP contribution in [-0.4, -0.2) is 21.5 Å². The van der Waals surface area contributed by atoms with Crippen LogP contribution in [0.1, 0.15) is 23.1 Å². The van der Waals surface area contributed by atoms with E-state index < -0.39 is 0 Å². The molecule has 0 atom stereocenters. The van der Waals surface area contributed by atoms with Crippen LogP contribution in [0, 0.1) is 20.8 Å². The standard InChI is InChI=1S/C18H22N6S/c1-5-24(14-8-6-7-11(2)9-14)17-15(19)16(20-10-21-17)23-18-22-12(3)13(4)25-18/h6-10H,5,19H2,1-4H3,(H,20,21,22,23). The van der Waals surface area contributed by atoms with E-state index in [1.165, 1.54) is 16.8 Å². The summed E-state index contributed by atoms with van der Waals surface area (Å²) in [6.07, 6.45) is 1.53. The lowest BCUT2D eigenvalue weighted by atomic mass is 10.2. The summed E-state index contributed by atoms with van der Waals surface area (Å²) in [6.45, 7) is 8.93. The highest BCUT2D eigenvalue weighted by Gasteiger charge is 2.17. The molecule has 25 heavy (non-hydrogen) atoms. The summed E-state index contributed by atoms with van der Waals surface area (Å²) in [4.78, 5) is 16.4. The zero-order valence-corrected chi connectivity index (χ0v) is 15.7. The predicted molar refractivity (Wildman–Crippen MR) is 105 cm³/mol. The van der Waals surface area contributed by atoms with Gasteiger partial charge in [0.1, 0.15) is 12.0 Å². The number of aryl methyl sites for hydroxylation is 3. The quantitative estimate of drug-likeness (QED) is 0.709. The Labute approximate surface area is 151 Å². The number of aromatic nitrogens is 3. The predicted octanol–water partition coefficient (Wildman–Crippen LogP) is 4.34. The van der Waals surface area contributed by atoms with Crippen LogP contribution >= 0.6 is 11.3 Å². The van der Waals surface area contributed by atoms with Crippen molar-refractivity contribution < 1.29 is 0 Å². The van der Waals surface area contributed by atoms with Crippen LogP contribution in [-0.2, 0) is 0 Å². The molecule has 0 fully saturated rings. The Bertz CT molecular complexity index is 870. The van der Waals surface area contributed by atoms with E-state index in [0.29, 0.717) is 17.3 Å². The van der Waals surface area contributed by atoms with E-state index in [-0.39, 0.29) is 0 Å². The molecule has 0 aliphatic carbocycles. The van der Waals surface area contributed by atoms with E-state index in [0.717, 1.165) is 23.1 Å². The summed E-state index contributed by atoms with van der Waals surface area (Å²) in [7, 11) is 0. The highest BCUT2D eigenvalue weighted by Crippen LogP contribution is 2.34. The first-order valence-electron chi connectivity index (χ1n) is 8.15. The first-order chi connectivity index (χ1) is 12.0. The van der Waals surface area contributed by atoms with Gasteiger partial charge in [0.25, 0.3) is 0 Å². The SMILES string of the molecule is CCN(c1cccc(C)c1)c1ncnc(Nc2nc(C)c(C)s2)c1N. The van der Waals surface area contributed by atoms with Crippen LogP contribution in [0.3, 0.4) is 0 Å². The van der Waals surface area contributed by atoms with Gasteiger partial charge in [-0.1, -0.05) is 12.1 Å². The Morgan fingerprint density at radius 3 is 2.64 bits per heavy atom. The molecule has 0 aliphatic rings. The van der Waals surface area contributed by atoms with Crippen molar-refractivity contribution in [1.82, 2.24) is 15.0 Å². The molecule has 0 saturated heterocycles. The average molecular weight is 354 g/mol. The number of benzene rings is 1. The minimum absolute atomic E-state index is 0.511. The minimum atomic E-state index is 0.511. The van der Waals surface area contributed by atoms with Crippen LogP contribution in [0.5, 0.6) is 0 Å². The van der Waals surface area contributed by atoms with Gasteiger partial charge in [0.15, 0.2) is 16.8 Å². The van der Waals surface area contributed by atoms with Crippen LogP contribution in [0.2, 0.25) is 0 Å². The lowest BCUT2D eigenvalue weighted by Gasteiger charge is -2.24. The second kappa shape index (κ2) is 7.06. The Balaban J connectivity index is 1.96. The second-order valence-electron chi connectivity index (χ2n) is 5.83. The molecule has 1 aromatic carbocycles. The van der Waals surface area contributed by atoms with Crippen LogP contribution in [0.25, 0.3) is 0 Å². The molecule has 0 spiro atoms. The Morgan fingerprint density at radius 2 is 2.00 bits per heavy atom. The number of nitrogens with two attached hydrogens (primary N) is 1. The molecule has 6 nitrogen and oxygen atoms in total. The van der Waals surface area contributed by atoms with Gasteiger partial charge in [0, 0.05) is 17.1 Å². The van der Waals surface area contributed by atoms with Gasteiger partial charge < -0.3 is 16.0 Å². The zero-order chi connectivity index (χ0) is 18.0. The van der Waals surface area contributed by atoms with Gasteiger partial charge in [-0.05, 0) is 45.4 Å². The number of thiazole rings is 1. The third-order valence-electron chi connectivity index (χ3n) is 4.00. The third kappa shape index (κ3) is 3.56.